The van der Waals surface area contributed by atoms with Crippen LogP contribution in [0.4, 0.5) is 0 Å². The highest BCUT2D eigenvalue weighted by Gasteiger charge is 2.44. The van der Waals surface area contributed by atoms with Crippen LogP contribution in [0.3, 0.4) is 0 Å². The van der Waals surface area contributed by atoms with E-state index in [9.17, 15) is 30.3 Å². The Kier molecular flexibility index (Phi) is 50.5. The number of carbonyl (C=O) groups is 1. The van der Waals surface area contributed by atoms with Gasteiger partial charge in [-0.2, -0.15) is 0 Å². The minimum absolute atomic E-state index is 0.196. The zero-order chi connectivity index (χ0) is 54.3. The van der Waals surface area contributed by atoms with E-state index in [1.165, 1.54) is 135 Å². The third-order valence-corrected chi connectivity index (χ3v) is 13.8. The van der Waals surface area contributed by atoms with Gasteiger partial charge in [-0.3, -0.25) is 4.79 Å². The lowest BCUT2D eigenvalue weighted by Crippen LogP contribution is -2.60. The Hall–Kier alpha value is -3.15. The molecule has 75 heavy (non-hydrogen) atoms. The summed E-state index contributed by atoms with van der Waals surface area (Å²) in [5.74, 6) is -0.196. The Morgan fingerprint density at radius 1 is 0.467 bits per heavy atom. The molecule has 7 atom stereocenters. The highest BCUT2D eigenvalue weighted by atomic mass is 16.7. The molecule has 1 fully saturated rings. The molecule has 7 unspecified atom stereocenters. The van der Waals surface area contributed by atoms with Gasteiger partial charge in [-0.25, -0.2) is 0 Å². The van der Waals surface area contributed by atoms with Gasteiger partial charge in [0.1, 0.15) is 24.4 Å². The number of unbranched alkanes of at least 4 members (excludes halogenated alkanes) is 25. The van der Waals surface area contributed by atoms with E-state index in [0.29, 0.717) is 6.42 Å². The summed E-state index contributed by atoms with van der Waals surface area (Å²) in [5.41, 5.74) is 0. The summed E-state index contributed by atoms with van der Waals surface area (Å²) in [5, 5.41) is 54.6. The minimum Gasteiger partial charge on any atom is -0.394 e. The Balaban J connectivity index is 2.23. The molecule has 1 saturated heterocycles. The summed E-state index contributed by atoms with van der Waals surface area (Å²) < 4.78 is 11.3. The van der Waals surface area contributed by atoms with Crippen molar-refractivity contribution in [3.05, 3.63) is 109 Å². The number of ether oxygens (including phenoxy) is 2. The highest BCUT2D eigenvalue weighted by molar-refractivity contribution is 5.76. The molecule has 9 nitrogen and oxygen atoms in total. The van der Waals surface area contributed by atoms with Crippen LogP contribution in [-0.2, 0) is 14.3 Å². The normalized spacial score (nSPS) is 19.7. The second-order valence-electron chi connectivity index (χ2n) is 20.7. The van der Waals surface area contributed by atoms with Gasteiger partial charge in [0, 0.05) is 6.42 Å². The SMILES string of the molecule is CC/C=C\C/C=C\C/C=C\C/C=C\C/C=C\C/C=C\CCCCCCCCCCCCCCC(=O)NC(COC1OC(CO)C(O)C(O)C1O)C(O)/C=C/CC/C=C/CC/C=C/CCCCCCCCCCCCC. The van der Waals surface area contributed by atoms with Crippen LogP contribution in [-0.4, -0.2) is 87.5 Å². The number of carbonyl (C=O) groups excluding carboxylic acids is 1. The molecule has 9 heteroatoms. The third kappa shape index (κ3) is 43.5. The number of hydrogen-bond donors (Lipinski definition) is 6. The molecule has 0 saturated carbocycles. The van der Waals surface area contributed by atoms with Crippen molar-refractivity contribution >= 4 is 5.91 Å². The van der Waals surface area contributed by atoms with Crippen LogP contribution in [0.2, 0.25) is 0 Å². The topological polar surface area (TPSA) is 149 Å². The molecule has 0 radical (unpaired) electrons. The first-order chi connectivity index (χ1) is 36.8. The van der Waals surface area contributed by atoms with Gasteiger partial charge >= 0.3 is 0 Å². The molecule has 0 aromatic rings. The smallest absolute Gasteiger partial charge is 0.220 e. The fourth-order valence-electron chi connectivity index (χ4n) is 9.02. The van der Waals surface area contributed by atoms with Gasteiger partial charge < -0.3 is 40.3 Å². The van der Waals surface area contributed by atoms with E-state index in [2.05, 4.69) is 116 Å². The largest absolute Gasteiger partial charge is 0.394 e. The number of aliphatic hydroxyl groups excluding tert-OH is 5. The fraction of sp³-hybridized carbons (Fsp3) is 0.712. The van der Waals surface area contributed by atoms with E-state index in [4.69, 9.17) is 9.47 Å². The van der Waals surface area contributed by atoms with Crippen LogP contribution >= 0.6 is 0 Å². The summed E-state index contributed by atoms with van der Waals surface area (Å²) in [6.07, 6.45) is 73.0. The maximum Gasteiger partial charge on any atom is 0.220 e. The molecular weight excluding hydrogens is 935 g/mol. The minimum atomic E-state index is -1.58. The van der Waals surface area contributed by atoms with E-state index in [1.54, 1.807) is 6.08 Å². The molecule has 6 N–H and O–H groups in total. The fourth-order valence-corrected chi connectivity index (χ4v) is 9.02. The summed E-state index contributed by atoms with van der Waals surface area (Å²) >= 11 is 0. The predicted molar refractivity (Wildman–Crippen MR) is 317 cm³/mol. The van der Waals surface area contributed by atoms with Crippen LogP contribution in [0.5, 0.6) is 0 Å². The summed E-state index contributed by atoms with van der Waals surface area (Å²) in [7, 11) is 0. The van der Waals surface area contributed by atoms with Crippen LogP contribution in [0.1, 0.15) is 245 Å². The predicted octanol–water partition coefficient (Wildman–Crippen LogP) is 15.7. The molecular formula is C66H113NO8. The van der Waals surface area contributed by atoms with Gasteiger partial charge in [0.25, 0.3) is 0 Å². The number of aliphatic hydroxyl groups is 5. The number of amides is 1. The monoisotopic (exact) mass is 1050 g/mol. The van der Waals surface area contributed by atoms with Crippen molar-refractivity contribution in [2.45, 2.75) is 288 Å². The van der Waals surface area contributed by atoms with Crippen LogP contribution < -0.4 is 5.32 Å². The van der Waals surface area contributed by atoms with Gasteiger partial charge in [0.2, 0.25) is 5.91 Å². The summed E-state index contributed by atoms with van der Waals surface area (Å²) in [4.78, 5) is 13.1. The van der Waals surface area contributed by atoms with Crippen LogP contribution in [0.15, 0.2) is 109 Å². The maximum absolute atomic E-state index is 13.1. The first-order valence-corrected chi connectivity index (χ1v) is 30.6. The van der Waals surface area contributed by atoms with Crippen LogP contribution in [0.25, 0.3) is 0 Å². The van der Waals surface area contributed by atoms with Crippen molar-refractivity contribution in [3.8, 4) is 0 Å². The summed E-state index contributed by atoms with van der Waals surface area (Å²) in [6.45, 7) is 3.65. The summed E-state index contributed by atoms with van der Waals surface area (Å²) in [6, 6.07) is -0.837. The molecule has 0 aromatic heterocycles. The van der Waals surface area contributed by atoms with Gasteiger partial charge in [-0.15, -0.1) is 0 Å². The average Bonchev–Trinajstić information content (AvgIpc) is 3.41. The first-order valence-electron chi connectivity index (χ1n) is 30.6. The molecule has 1 rings (SSSR count). The number of rotatable bonds is 51. The molecule has 0 aliphatic carbocycles. The van der Waals surface area contributed by atoms with Gasteiger partial charge in [0.15, 0.2) is 6.29 Å². The van der Waals surface area contributed by atoms with Gasteiger partial charge in [-0.1, -0.05) is 252 Å². The van der Waals surface area contributed by atoms with Gasteiger partial charge in [0.05, 0.1) is 25.4 Å². The maximum atomic E-state index is 13.1. The van der Waals surface area contributed by atoms with E-state index in [0.717, 1.165) is 89.9 Å². The number of nitrogens with one attached hydrogen (secondary N) is 1. The Morgan fingerprint density at radius 3 is 1.28 bits per heavy atom. The van der Waals surface area contributed by atoms with Gasteiger partial charge in [-0.05, 0) is 96.3 Å². The van der Waals surface area contributed by atoms with E-state index >= 15 is 0 Å². The van der Waals surface area contributed by atoms with Crippen molar-refractivity contribution in [2.75, 3.05) is 13.2 Å². The first kappa shape index (κ1) is 69.9. The molecule has 1 heterocycles. The Labute approximate surface area is 459 Å². The lowest BCUT2D eigenvalue weighted by molar-refractivity contribution is -0.302. The molecule has 0 spiro atoms. The Morgan fingerprint density at radius 2 is 0.840 bits per heavy atom. The number of allylic oxidation sites excluding steroid dienone is 17. The van der Waals surface area contributed by atoms with Crippen LogP contribution in [0, 0.1) is 0 Å². The van der Waals surface area contributed by atoms with E-state index in [-0.39, 0.29) is 12.5 Å². The molecule has 1 amide bonds. The second kappa shape index (κ2) is 54.2. The Bertz CT molecular complexity index is 1540. The lowest BCUT2D eigenvalue weighted by atomic mass is 9.99. The molecule has 0 aromatic carbocycles. The molecule has 1 aliphatic rings. The molecule has 430 valence electrons. The zero-order valence-electron chi connectivity index (χ0n) is 47.8. The number of hydrogen-bond acceptors (Lipinski definition) is 8. The second-order valence-corrected chi connectivity index (χ2v) is 20.7. The lowest BCUT2D eigenvalue weighted by Gasteiger charge is -2.40. The highest BCUT2D eigenvalue weighted by Crippen LogP contribution is 2.23. The van der Waals surface area contributed by atoms with Crippen molar-refractivity contribution in [3.63, 3.8) is 0 Å². The average molecular weight is 1050 g/mol. The quantitative estimate of drug-likeness (QED) is 0.0261. The van der Waals surface area contributed by atoms with Crippen molar-refractivity contribution in [2.24, 2.45) is 0 Å². The molecule has 0 bridgehead atoms. The van der Waals surface area contributed by atoms with Crippen molar-refractivity contribution in [1.29, 1.82) is 0 Å². The van der Waals surface area contributed by atoms with Crippen molar-refractivity contribution in [1.82, 2.24) is 5.32 Å². The molecule has 1 aliphatic heterocycles. The zero-order valence-corrected chi connectivity index (χ0v) is 47.8. The standard InChI is InChI=1S/C66H113NO8/c1-3-5-7-9-11-13-15-17-19-21-23-25-26-27-28-29-30-31-32-33-34-36-38-40-42-44-46-48-50-52-54-56-62(70)67-59(58-74-66-65(73)64(72)63(71)61(57-68)75-66)60(69)55-53-51-49-47-45-43-41-39-37-35-24-22-20-18-16-14-12-10-8-6-4-2/h5,7,11,13,17,19,23,25,27-28,30-31,37,39,45,47,53,55,59-61,63-66,68-69,71-73H,3-4,6,8-10,12,14-16,18,20-22,24,26,29,32-36,38,40-44,46,48-52,54,56-58H2,1-2H3,(H,67,70)/b7-5-,13-11-,19-17-,25-23-,28-27-,31-30-,39-37+,47-45+,55-53+. The van der Waals surface area contributed by atoms with E-state index in [1.807, 2.05) is 6.08 Å². The van der Waals surface area contributed by atoms with Crippen molar-refractivity contribution < 1.29 is 39.8 Å². The third-order valence-electron chi connectivity index (χ3n) is 13.8. The van der Waals surface area contributed by atoms with E-state index < -0.39 is 49.5 Å².